The van der Waals surface area contributed by atoms with Crippen LogP contribution < -0.4 is 10.6 Å². The number of amides is 2. The molecule has 1 saturated heterocycles. The number of fused-ring (bicyclic) bond motifs is 1. The Hall–Kier alpha value is -3.97. The minimum absolute atomic E-state index is 0.141. The second-order valence-electron chi connectivity index (χ2n) is 11.0. The number of nitrogens with one attached hydrogen (secondary N) is 2. The van der Waals surface area contributed by atoms with Gasteiger partial charge in [-0.3, -0.25) is 14.5 Å². The molecular formula is C30H36F3N7O3. The number of anilines is 2. The zero-order chi connectivity index (χ0) is 30.6. The summed E-state index contributed by atoms with van der Waals surface area (Å²) >= 11 is 0. The Morgan fingerprint density at radius 2 is 1.84 bits per heavy atom. The van der Waals surface area contributed by atoms with E-state index in [1.807, 2.05) is 18.2 Å². The summed E-state index contributed by atoms with van der Waals surface area (Å²) in [6.45, 7) is 7.72. The first-order valence-electron chi connectivity index (χ1n) is 14.5. The van der Waals surface area contributed by atoms with Gasteiger partial charge in [0, 0.05) is 68.7 Å². The third kappa shape index (κ3) is 8.11. The van der Waals surface area contributed by atoms with Crippen LogP contribution in [-0.2, 0) is 9.53 Å². The number of benzene rings is 1. The monoisotopic (exact) mass is 599 g/mol. The van der Waals surface area contributed by atoms with Gasteiger partial charge >= 0.3 is 6.18 Å². The van der Waals surface area contributed by atoms with Crippen LogP contribution in [0.1, 0.15) is 49.0 Å². The van der Waals surface area contributed by atoms with Gasteiger partial charge in [0.15, 0.2) is 5.65 Å². The molecule has 0 spiro atoms. The van der Waals surface area contributed by atoms with Crippen LogP contribution in [0.25, 0.3) is 11.2 Å². The average molecular weight is 600 g/mol. The number of pyridine rings is 1. The molecule has 3 aromatic rings. The smallest absolute Gasteiger partial charge is 0.373 e. The standard InChI is InChI=1S/C30H36F3N7O3/c1-20-18-38(19-21(2)43-20)17-13-34-28(42)23-5-7-24(8-6-23)35-29-36-27-25(4-3-14-40(27)37-29)22-10-15-39(16-11-22)26(41)9-12-30(31,32)33/h3-8,10,14,20-21H,9,11-13,15-19H2,1-2H3,(H,34,42)(H,35,37). The lowest BCUT2D eigenvalue weighted by Crippen LogP contribution is -2.47. The third-order valence-electron chi connectivity index (χ3n) is 7.50. The van der Waals surface area contributed by atoms with Crippen LogP contribution in [0.4, 0.5) is 24.8 Å². The van der Waals surface area contributed by atoms with E-state index < -0.39 is 24.9 Å². The zero-order valence-corrected chi connectivity index (χ0v) is 24.2. The molecule has 0 aliphatic carbocycles. The lowest BCUT2D eigenvalue weighted by Gasteiger charge is -2.35. The minimum atomic E-state index is -4.35. The molecule has 2 N–H and O–H groups in total. The Morgan fingerprint density at radius 1 is 1.09 bits per heavy atom. The number of rotatable bonds is 9. The molecule has 2 atom stereocenters. The first-order chi connectivity index (χ1) is 20.5. The van der Waals surface area contributed by atoms with Crippen LogP contribution in [-0.4, -0.2) is 93.9 Å². The van der Waals surface area contributed by atoms with Gasteiger partial charge in [-0.05, 0) is 62.2 Å². The van der Waals surface area contributed by atoms with E-state index in [2.05, 4.69) is 39.5 Å². The Morgan fingerprint density at radius 3 is 2.51 bits per heavy atom. The SMILES string of the molecule is CC1CN(CCNC(=O)c2ccc(Nc3nc4c(C5=CCN(C(=O)CCC(F)(F)F)CC5)cccn4n3)cc2)CC(C)O1. The molecule has 1 aromatic carbocycles. The summed E-state index contributed by atoms with van der Waals surface area (Å²) < 4.78 is 44.9. The fourth-order valence-corrected chi connectivity index (χ4v) is 5.49. The Balaban J connectivity index is 1.16. The van der Waals surface area contributed by atoms with Crippen LogP contribution in [0.5, 0.6) is 0 Å². The predicted octanol–water partition coefficient (Wildman–Crippen LogP) is 4.27. The maximum absolute atomic E-state index is 12.6. The van der Waals surface area contributed by atoms with Gasteiger partial charge in [0.05, 0.1) is 18.6 Å². The first kappa shape index (κ1) is 30.5. The number of aromatic nitrogens is 3. The second kappa shape index (κ2) is 13.1. The molecule has 10 nitrogen and oxygen atoms in total. The highest BCUT2D eigenvalue weighted by Crippen LogP contribution is 2.28. The van der Waals surface area contributed by atoms with Crippen molar-refractivity contribution in [3.63, 3.8) is 0 Å². The van der Waals surface area contributed by atoms with Gasteiger partial charge in [0.2, 0.25) is 11.9 Å². The Kier molecular flexibility index (Phi) is 9.31. The Labute approximate surface area is 247 Å². The van der Waals surface area contributed by atoms with Crippen molar-refractivity contribution in [1.29, 1.82) is 0 Å². The summed E-state index contributed by atoms with van der Waals surface area (Å²) in [4.78, 5) is 33.2. The molecular weight excluding hydrogens is 563 g/mol. The number of halogens is 3. The highest BCUT2D eigenvalue weighted by molar-refractivity contribution is 5.94. The van der Waals surface area contributed by atoms with Crippen molar-refractivity contribution < 1.29 is 27.5 Å². The summed E-state index contributed by atoms with van der Waals surface area (Å²) in [5, 5.41) is 10.7. The van der Waals surface area contributed by atoms with E-state index in [-0.39, 0.29) is 24.7 Å². The largest absolute Gasteiger partial charge is 0.389 e. The van der Waals surface area contributed by atoms with Crippen molar-refractivity contribution in [1.82, 2.24) is 29.7 Å². The van der Waals surface area contributed by atoms with Crippen LogP contribution in [0.15, 0.2) is 48.7 Å². The number of carbonyl (C=O) groups excluding carboxylic acids is 2. The molecule has 13 heteroatoms. The molecule has 2 unspecified atom stereocenters. The van der Waals surface area contributed by atoms with Crippen molar-refractivity contribution in [2.24, 2.45) is 0 Å². The van der Waals surface area contributed by atoms with Gasteiger partial charge < -0.3 is 20.3 Å². The molecule has 0 radical (unpaired) electrons. The van der Waals surface area contributed by atoms with E-state index in [4.69, 9.17) is 4.74 Å². The van der Waals surface area contributed by atoms with E-state index in [0.717, 1.165) is 36.5 Å². The molecule has 2 aromatic heterocycles. The van der Waals surface area contributed by atoms with E-state index >= 15 is 0 Å². The normalized spacial score (nSPS) is 19.7. The van der Waals surface area contributed by atoms with Gasteiger partial charge in [-0.1, -0.05) is 6.08 Å². The molecule has 0 bridgehead atoms. The molecule has 4 heterocycles. The highest BCUT2D eigenvalue weighted by atomic mass is 19.4. The lowest BCUT2D eigenvalue weighted by atomic mass is 10.00. The number of hydrogen-bond acceptors (Lipinski definition) is 7. The highest BCUT2D eigenvalue weighted by Gasteiger charge is 2.30. The third-order valence-corrected chi connectivity index (χ3v) is 7.50. The number of morpholine rings is 1. The van der Waals surface area contributed by atoms with Crippen LogP contribution >= 0.6 is 0 Å². The van der Waals surface area contributed by atoms with Gasteiger partial charge in [-0.25, -0.2) is 4.52 Å². The molecule has 2 aliphatic heterocycles. The van der Waals surface area contributed by atoms with Crippen molar-refractivity contribution in [2.45, 2.75) is 51.5 Å². The van der Waals surface area contributed by atoms with E-state index in [9.17, 15) is 22.8 Å². The van der Waals surface area contributed by atoms with Crippen LogP contribution in [0.2, 0.25) is 0 Å². The van der Waals surface area contributed by atoms with Gasteiger partial charge in [0.1, 0.15) is 0 Å². The van der Waals surface area contributed by atoms with E-state index in [1.165, 1.54) is 4.90 Å². The van der Waals surface area contributed by atoms with Gasteiger partial charge in [-0.2, -0.15) is 18.2 Å². The van der Waals surface area contributed by atoms with Gasteiger partial charge in [0.25, 0.3) is 5.91 Å². The molecule has 5 rings (SSSR count). The van der Waals surface area contributed by atoms with Crippen molar-refractivity contribution >= 4 is 34.7 Å². The van der Waals surface area contributed by atoms with E-state index in [1.54, 1.807) is 35.0 Å². The fraction of sp³-hybridized carbons (Fsp3) is 0.467. The molecule has 1 fully saturated rings. The molecule has 2 aliphatic rings. The topological polar surface area (TPSA) is 104 Å². The quantitative estimate of drug-likeness (QED) is 0.379. The van der Waals surface area contributed by atoms with Crippen molar-refractivity contribution in [3.05, 3.63) is 59.8 Å². The minimum Gasteiger partial charge on any atom is -0.373 e. The number of carbonyl (C=O) groups is 2. The number of hydrogen-bond donors (Lipinski definition) is 2. The zero-order valence-electron chi connectivity index (χ0n) is 24.2. The number of alkyl halides is 3. The predicted molar refractivity (Wildman–Crippen MR) is 156 cm³/mol. The number of ether oxygens (including phenoxy) is 1. The van der Waals surface area contributed by atoms with Crippen molar-refractivity contribution in [3.8, 4) is 0 Å². The van der Waals surface area contributed by atoms with Crippen molar-refractivity contribution in [2.75, 3.05) is 44.6 Å². The first-order valence-corrected chi connectivity index (χ1v) is 14.5. The second-order valence-corrected chi connectivity index (χ2v) is 11.0. The summed E-state index contributed by atoms with van der Waals surface area (Å²) in [5.74, 6) is -0.266. The molecule has 230 valence electrons. The average Bonchev–Trinajstić information content (AvgIpc) is 3.38. The molecule has 43 heavy (non-hydrogen) atoms. The summed E-state index contributed by atoms with van der Waals surface area (Å²) in [7, 11) is 0. The van der Waals surface area contributed by atoms with Crippen LogP contribution in [0, 0.1) is 0 Å². The Bertz CT molecular complexity index is 1460. The van der Waals surface area contributed by atoms with Gasteiger partial charge in [-0.15, -0.1) is 5.10 Å². The summed E-state index contributed by atoms with van der Waals surface area (Å²) in [6, 6.07) is 10.8. The van der Waals surface area contributed by atoms with Crippen LogP contribution in [0.3, 0.4) is 0 Å². The summed E-state index contributed by atoms with van der Waals surface area (Å²) in [6.07, 6.45) is -1.50. The maximum Gasteiger partial charge on any atom is 0.389 e. The van der Waals surface area contributed by atoms with E-state index in [0.29, 0.717) is 36.7 Å². The molecule has 0 saturated carbocycles. The summed E-state index contributed by atoms with van der Waals surface area (Å²) in [5.41, 5.74) is 3.69. The molecule has 2 amide bonds. The lowest BCUT2D eigenvalue weighted by molar-refractivity contribution is -0.148. The fourth-order valence-electron chi connectivity index (χ4n) is 5.49. The maximum atomic E-state index is 12.6. The number of nitrogens with zero attached hydrogens (tertiary/aromatic N) is 5.